The van der Waals surface area contributed by atoms with Crippen molar-refractivity contribution in [1.82, 2.24) is 9.80 Å². The van der Waals surface area contributed by atoms with E-state index in [1.165, 1.54) is 28.2 Å². The Balaban J connectivity index is 1.78. The molecule has 1 atom stereocenters. The monoisotopic (exact) mass is 450 g/mol. The van der Waals surface area contributed by atoms with Crippen molar-refractivity contribution in [2.24, 2.45) is 0 Å². The SMILES string of the molecule is CCN(CC)CCN1C(=O)C(=O)/C(=C(\O)c2ccc3c(c2)CCCC3)C1c1ccc(F)cc1. The number of aliphatic hydroxyl groups excluding tert-OH is 1. The van der Waals surface area contributed by atoms with Crippen LogP contribution in [0.2, 0.25) is 0 Å². The van der Waals surface area contributed by atoms with Gasteiger partial charge >= 0.3 is 0 Å². The summed E-state index contributed by atoms with van der Waals surface area (Å²) in [4.78, 5) is 29.9. The maximum atomic E-state index is 13.6. The third-order valence-corrected chi connectivity index (χ3v) is 6.90. The maximum Gasteiger partial charge on any atom is 0.295 e. The van der Waals surface area contributed by atoms with Gasteiger partial charge in [0.1, 0.15) is 11.6 Å². The van der Waals surface area contributed by atoms with E-state index in [0.29, 0.717) is 24.2 Å². The van der Waals surface area contributed by atoms with Crippen molar-refractivity contribution in [2.75, 3.05) is 26.2 Å². The van der Waals surface area contributed by atoms with Crippen LogP contribution in [0.1, 0.15) is 55.0 Å². The highest BCUT2D eigenvalue weighted by Gasteiger charge is 2.46. The van der Waals surface area contributed by atoms with Crippen molar-refractivity contribution >= 4 is 17.4 Å². The number of aliphatic hydroxyl groups is 1. The zero-order valence-corrected chi connectivity index (χ0v) is 19.3. The Morgan fingerprint density at radius 1 is 1.03 bits per heavy atom. The van der Waals surface area contributed by atoms with Crippen LogP contribution in [0, 0.1) is 5.82 Å². The van der Waals surface area contributed by atoms with Crippen LogP contribution in [0.25, 0.3) is 5.76 Å². The van der Waals surface area contributed by atoms with Gasteiger partial charge in [-0.15, -0.1) is 0 Å². The van der Waals surface area contributed by atoms with Crippen LogP contribution in [-0.2, 0) is 22.4 Å². The first-order valence-corrected chi connectivity index (χ1v) is 11.8. The molecule has 1 unspecified atom stereocenters. The van der Waals surface area contributed by atoms with Crippen LogP contribution in [-0.4, -0.2) is 52.8 Å². The molecule has 2 aromatic rings. The molecule has 5 nitrogen and oxygen atoms in total. The van der Waals surface area contributed by atoms with Crippen molar-refractivity contribution in [2.45, 2.75) is 45.6 Å². The van der Waals surface area contributed by atoms with Crippen molar-refractivity contribution in [1.29, 1.82) is 0 Å². The first-order chi connectivity index (χ1) is 15.9. The largest absolute Gasteiger partial charge is 0.507 e. The summed E-state index contributed by atoms with van der Waals surface area (Å²) in [5.74, 6) is -1.88. The predicted octanol–water partition coefficient (Wildman–Crippen LogP) is 4.47. The Bertz CT molecular complexity index is 1070. The van der Waals surface area contributed by atoms with Gasteiger partial charge in [0.25, 0.3) is 11.7 Å². The Labute approximate surface area is 194 Å². The molecular weight excluding hydrogens is 419 g/mol. The summed E-state index contributed by atoms with van der Waals surface area (Å²) in [6.45, 7) is 6.70. The highest BCUT2D eigenvalue weighted by atomic mass is 19.1. The molecule has 2 aliphatic rings. The molecule has 174 valence electrons. The van der Waals surface area contributed by atoms with Gasteiger partial charge in [-0.3, -0.25) is 9.59 Å². The number of likely N-dealkylation sites (N-methyl/N-ethyl adjacent to an activating group) is 1. The fraction of sp³-hybridized carbons (Fsp3) is 0.407. The number of carbonyl (C=O) groups excluding carboxylic acids is 2. The van der Waals surface area contributed by atoms with Gasteiger partial charge < -0.3 is 14.9 Å². The molecule has 6 heteroatoms. The third-order valence-electron chi connectivity index (χ3n) is 6.90. The summed E-state index contributed by atoms with van der Waals surface area (Å²) >= 11 is 0. The van der Waals surface area contributed by atoms with Crippen molar-refractivity contribution in [3.8, 4) is 0 Å². The summed E-state index contributed by atoms with van der Waals surface area (Å²) in [7, 11) is 0. The topological polar surface area (TPSA) is 60.9 Å². The van der Waals surface area contributed by atoms with Crippen molar-refractivity contribution < 1.29 is 19.1 Å². The second-order valence-corrected chi connectivity index (χ2v) is 8.76. The van der Waals surface area contributed by atoms with E-state index >= 15 is 0 Å². The molecule has 1 fully saturated rings. The number of carbonyl (C=O) groups is 2. The number of nitrogens with zero attached hydrogens (tertiary/aromatic N) is 2. The van der Waals surface area contributed by atoms with Crippen LogP contribution in [0.5, 0.6) is 0 Å². The maximum absolute atomic E-state index is 13.6. The molecule has 2 aromatic carbocycles. The lowest BCUT2D eigenvalue weighted by Gasteiger charge is -2.28. The molecule has 1 amide bonds. The fourth-order valence-electron chi connectivity index (χ4n) is 4.93. The van der Waals surface area contributed by atoms with Gasteiger partial charge in [-0.2, -0.15) is 0 Å². The second kappa shape index (κ2) is 9.87. The number of halogens is 1. The number of hydrogen-bond acceptors (Lipinski definition) is 4. The minimum absolute atomic E-state index is 0.0712. The first kappa shape index (κ1) is 23.2. The van der Waals surface area contributed by atoms with E-state index in [9.17, 15) is 19.1 Å². The standard InChI is InChI=1S/C27H31FN2O3/c1-3-29(4-2)15-16-30-24(19-11-13-22(28)14-12-19)23(26(32)27(30)33)25(31)21-10-9-18-7-5-6-8-20(18)17-21/h9-14,17,24,31H,3-8,15-16H2,1-2H3/b25-23-. The van der Waals surface area contributed by atoms with Crippen LogP contribution >= 0.6 is 0 Å². The lowest BCUT2D eigenvalue weighted by molar-refractivity contribution is -0.140. The molecule has 4 rings (SSSR count). The number of benzene rings is 2. The molecule has 0 spiro atoms. The second-order valence-electron chi connectivity index (χ2n) is 8.76. The van der Waals surface area contributed by atoms with E-state index in [4.69, 9.17) is 0 Å². The Morgan fingerprint density at radius 2 is 1.70 bits per heavy atom. The molecule has 1 heterocycles. The van der Waals surface area contributed by atoms with Gasteiger partial charge in [-0.25, -0.2) is 4.39 Å². The van der Waals surface area contributed by atoms with E-state index in [2.05, 4.69) is 4.90 Å². The number of Topliss-reactive ketones (excluding diaryl/α,β-unsaturated/α-hetero) is 1. The van der Waals surface area contributed by atoms with E-state index in [1.807, 2.05) is 32.0 Å². The summed E-state index contributed by atoms with van der Waals surface area (Å²) in [6.07, 6.45) is 4.21. The molecule has 0 bridgehead atoms. The molecule has 1 saturated heterocycles. The number of rotatable bonds is 7. The number of ketones is 1. The first-order valence-electron chi connectivity index (χ1n) is 11.8. The number of fused-ring (bicyclic) bond motifs is 1. The quantitative estimate of drug-likeness (QED) is 0.384. The van der Waals surface area contributed by atoms with E-state index in [-0.39, 0.29) is 11.3 Å². The van der Waals surface area contributed by atoms with E-state index in [0.717, 1.165) is 38.8 Å². The van der Waals surface area contributed by atoms with Crippen LogP contribution < -0.4 is 0 Å². The zero-order chi connectivity index (χ0) is 23.5. The number of aryl methyl sites for hydroxylation is 2. The minimum Gasteiger partial charge on any atom is -0.507 e. The average Bonchev–Trinajstić information content (AvgIpc) is 3.09. The molecule has 0 saturated carbocycles. The summed E-state index contributed by atoms with van der Waals surface area (Å²) in [5, 5.41) is 11.3. The van der Waals surface area contributed by atoms with Gasteiger partial charge in [-0.1, -0.05) is 38.1 Å². The lowest BCUT2D eigenvalue weighted by atomic mass is 9.88. The normalized spacial score (nSPS) is 19.9. The fourth-order valence-corrected chi connectivity index (χ4v) is 4.93. The predicted molar refractivity (Wildman–Crippen MR) is 126 cm³/mol. The molecule has 33 heavy (non-hydrogen) atoms. The molecular formula is C27H31FN2O3. The number of hydrogen-bond donors (Lipinski definition) is 1. The van der Waals surface area contributed by atoms with Crippen LogP contribution in [0.15, 0.2) is 48.0 Å². The molecule has 1 aliphatic heterocycles. The van der Waals surface area contributed by atoms with Gasteiger partial charge in [-0.05, 0) is 73.7 Å². The van der Waals surface area contributed by atoms with Gasteiger partial charge in [0, 0.05) is 18.7 Å². The lowest BCUT2D eigenvalue weighted by Crippen LogP contribution is -2.38. The van der Waals surface area contributed by atoms with Gasteiger partial charge in [0.15, 0.2) is 0 Å². The summed E-state index contributed by atoms with van der Waals surface area (Å²) in [6, 6.07) is 10.8. The van der Waals surface area contributed by atoms with Crippen molar-refractivity contribution in [3.63, 3.8) is 0 Å². The van der Waals surface area contributed by atoms with Gasteiger partial charge in [0.2, 0.25) is 0 Å². The summed E-state index contributed by atoms with van der Waals surface area (Å²) < 4.78 is 13.6. The average molecular weight is 451 g/mol. The zero-order valence-electron chi connectivity index (χ0n) is 19.3. The van der Waals surface area contributed by atoms with Crippen molar-refractivity contribution in [3.05, 3.63) is 76.1 Å². The van der Waals surface area contributed by atoms with E-state index < -0.39 is 23.5 Å². The summed E-state index contributed by atoms with van der Waals surface area (Å²) in [5.41, 5.74) is 3.67. The minimum atomic E-state index is -0.753. The Morgan fingerprint density at radius 3 is 2.36 bits per heavy atom. The highest BCUT2D eigenvalue weighted by Crippen LogP contribution is 2.39. The number of amides is 1. The van der Waals surface area contributed by atoms with Crippen LogP contribution in [0.3, 0.4) is 0 Å². The van der Waals surface area contributed by atoms with Crippen LogP contribution in [0.4, 0.5) is 4.39 Å². The molecule has 1 aliphatic carbocycles. The molecule has 0 radical (unpaired) electrons. The highest BCUT2D eigenvalue weighted by molar-refractivity contribution is 6.46. The smallest absolute Gasteiger partial charge is 0.295 e. The van der Waals surface area contributed by atoms with Gasteiger partial charge in [0.05, 0.1) is 11.6 Å². The van der Waals surface area contributed by atoms with E-state index in [1.54, 1.807) is 12.1 Å². The molecule has 0 aromatic heterocycles. The number of likely N-dealkylation sites (tertiary alicyclic amines) is 1. The Kier molecular flexibility index (Phi) is 6.94. The molecule has 1 N–H and O–H groups in total. The third kappa shape index (κ3) is 4.58. The Hall–Kier alpha value is -2.99.